The van der Waals surface area contributed by atoms with Crippen LogP contribution in [-0.4, -0.2) is 33.8 Å². The van der Waals surface area contributed by atoms with Gasteiger partial charge < -0.3 is 19.0 Å². The van der Waals surface area contributed by atoms with E-state index < -0.39 is 6.10 Å². The first-order valence-electron chi connectivity index (χ1n) is 12.7. The normalized spacial score (nSPS) is 25.2. The van der Waals surface area contributed by atoms with Gasteiger partial charge in [-0.05, 0) is 85.6 Å². The van der Waals surface area contributed by atoms with E-state index in [2.05, 4.69) is 45.9 Å². The molecule has 5 nitrogen and oxygen atoms in total. The molecular formula is C28H34N2O3. The fourth-order valence-corrected chi connectivity index (χ4v) is 5.91. The second-order valence-electron chi connectivity index (χ2n) is 10.2. The number of aliphatic hydroxyl groups excluding tert-OH is 1. The Morgan fingerprint density at radius 2 is 1.64 bits per heavy atom. The van der Waals surface area contributed by atoms with Gasteiger partial charge in [0.05, 0.1) is 37.4 Å². The van der Waals surface area contributed by atoms with Crippen molar-refractivity contribution in [2.45, 2.75) is 75.4 Å². The molecule has 1 atom stereocenters. The molecule has 3 aromatic rings. The number of pyridine rings is 1. The Kier molecular flexibility index (Phi) is 5.85. The summed E-state index contributed by atoms with van der Waals surface area (Å²) in [4.78, 5) is 4.34. The quantitative estimate of drug-likeness (QED) is 0.522. The van der Waals surface area contributed by atoms with Crippen molar-refractivity contribution in [3.05, 3.63) is 65.7 Å². The number of nitrogens with zero attached hydrogens (tertiary/aromatic N) is 2. The summed E-state index contributed by atoms with van der Waals surface area (Å²) < 4.78 is 13.6. The summed E-state index contributed by atoms with van der Waals surface area (Å²) >= 11 is 0. The van der Waals surface area contributed by atoms with Crippen LogP contribution < -0.4 is 4.74 Å². The summed E-state index contributed by atoms with van der Waals surface area (Å²) in [5, 5.41) is 11.5. The molecule has 1 aromatic carbocycles. The first-order chi connectivity index (χ1) is 16.3. The van der Waals surface area contributed by atoms with Gasteiger partial charge in [-0.2, -0.15) is 0 Å². The van der Waals surface area contributed by atoms with E-state index in [1.165, 1.54) is 24.0 Å². The van der Waals surface area contributed by atoms with Crippen LogP contribution in [0.3, 0.4) is 0 Å². The molecule has 2 aromatic heterocycles. The van der Waals surface area contributed by atoms with Gasteiger partial charge in [0.2, 0.25) is 0 Å². The first-order valence-corrected chi connectivity index (χ1v) is 12.7. The molecule has 2 aliphatic carbocycles. The van der Waals surface area contributed by atoms with E-state index in [9.17, 15) is 5.11 Å². The van der Waals surface area contributed by atoms with E-state index in [1.807, 2.05) is 12.5 Å². The Hall–Kier alpha value is -2.37. The molecule has 6 rings (SSSR count). The highest BCUT2D eigenvalue weighted by molar-refractivity contribution is 5.59. The average molecular weight is 447 g/mol. The molecule has 0 radical (unpaired) electrons. The van der Waals surface area contributed by atoms with Crippen LogP contribution >= 0.6 is 0 Å². The van der Waals surface area contributed by atoms with Gasteiger partial charge in [-0.15, -0.1) is 0 Å². The van der Waals surface area contributed by atoms with Crippen LogP contribution in [-0.2, 0) is 4.74 Å². The van der Waals surface area contributed by atoms with Crippen molar-refractivity contribution in [1.29, 1.82) is 0 Å². The van der Waals surface area contributed by atoms with Crippen molar-refractivity contribution >= 4 is 5.52 Å². The molecule has 0 amide bonds. The van der Waals surface area contributed by atoms with Crippen LogP contribution in [0.4, 0.5) is 0 Å². The van der Waals surface area contributed by atoms with Crippen molar-refractivity contribution in [2.75, 3.05) is 13.2 Å². The molecule has 3 heterocycles. The Balaban J connectivity index is 1.11. The first kappa shape index (κ1) is 21.2. The third-order valence-electron chi connectivity index (χ3n) is 8.02. The maximum absolute atomic E-state index is 11.5. The lowest BCUT2D eigenvalue weighted by Crippen LogP contribution is -2.25. The van der Waals surface area contributed by atoms with Gasteiger partial charge in [0, 0.05) is 24.6 Å². The van der Waals surface area contributed by atoms with Gasteiger partial charge in [0.25, 0.3) is 0 Å². The maximum Gasteiger partial charge on any atom is 0.119 e. The van der Waals surface area contributed by atoms with E-state index in [0.29, 0.717) is 17.8 Å². The minimum Gasteiger partial charge on any atom is -0.490 e. The lowest BCUT2D eigenvalue weighted by molar-refractivity contribution is 0.0255. The van der Waals surface area contributed by atoms with Crippen LogP contribution in [0.2, 0.25) is 0 Å². The predicted octanol–water partition coefficient (Wildman–Crippen LogP) is 5.78. The molecule has 0 bridgehead atoms. The van der Waals surface area contributed by atoms with Gasteiger partial charge in [0.15, 0.2) is 0 Å². The molecule has 5 heteroatoms. The van der Waals surface area contributed by atoms with Crippen molar-refractivity contribution < 1.29 is 14.6 Å². The highest BCUT2D eigenvalue weighted by atomic mass is 16.5. The maximum atomic E-state index is 11.5. The minimum absolute atomic E-state index is 0.280. The fourth-order valence-electron chi connectivity index (χ4n) is 5.91. The zero-order valence-electron chi connectivity index (χ0n) is 19.2. The van der Waals surface area contributed by atoms with Crippen LogP contribution in [0.1, 0.15) is 86.0 Å². The van der Waals surface area contributed by atoms with Crippen LogP contribution in [0.25, 0.3) is 5.52 Å². The SMILES string of the molecule is OC(c1c(C2CC2)ccn2cncc12)C1CCC(c2ccc(OC3CCOCC3)cc2)CC1. The van der Waals surface area contributed by atoms with Gasteiger partial charge in [-0.3, -0.25) is 0 Å². The van der Waals surface area contributed by atoms with Crippen molar-refractivity contribution in [1.82, 2.24) is 9.38 Å². The summed E-state index contributed by atoms with van der Waals surface area (Å²) in [7, 11) is 0. The Bertz CT molecular complexity index is 1070. The lowest BCUT2D eigenvalue weighted by Gasteiger charge is -2.33. The van der Waals surface area contributed by atoms with E-state index in [-0.39, 0.29) is 6.10 Å². The average Bonchev–Trinajstić information content (AvgIpc) is 3.60. The topological polar surface area (TPSA) is 56.0 Å². The minimum atomic E-state index is -0.405. The number of fused-ring (bicyclic) bond motifs is 1. The largest absolute Gasteiger partial charge is 0.490 e. The molecule has 3 fully saturated rings. The third-order valence-corrected chi connectivity index (χ3v) is 8.02. The Morgan fingerprint density at radius 3 is 2.36 bits per heavy atom. The molecule has 2 saturated carbocycles. The van der Waals surface area contributed by atoms with Gasteiger partial charge in [-0.1, -0.05) is 12.1 Å². The molecule has 1 aliphatic heterocycles. The molecular weight excluding hydrogens is 412 g/mol. The van der Waals surface area contributed by atoms with E-state index in [1.54, 1.807) is 0 Å². The zero-order chi connectivity index (χ0) is 22.2. The molecule has 1 saturated heterocycles. The third kappa shape index (κ3) is 4.41. The zero-order valence-corrected chi connectivity index (χ0v) is 19.2. The van der Waals surface area contributed by atoms with E-state index in [0.717, 1.165) is 68.6 Å². The van der Waals surface area contributed by atoms with Gasteiger partial charge in [0.1, 0.15) is 11.9 Å². The fraction of sp³-hybridized carbons (Fsp3) is 0.536. The Labute approximate surface area is 195 Å². The summed E-state index contributed by atoms with van der Waals surface area (Å²) in [6.07, 6.45) is 14.5. The summed E-state index contributed by atoms with van der Waals surface area (Å²) in [5.74, 6) is 2.47. The number of imidazole rings is 1. The number of hydrogen-bond acceptors (Lipinski definition) is 4. The number of hydrogen-bond donors (Lipinski definition) is 1. The highest BCUT2D eigenvalue weighted by Gasteiger charge is 2.34. The molecule has 0 spiro atoms. The van der Waals surface area contributed by atoms with Crippen molar-refractivity contribution in [3.63, 3.8) is 0 Å². The Morgan fingerprint density at radius 1 is 0.909 bits per heavy atom. The predicted molar refractivity (Wildman–Crippen MR) is 128 cm³/mol. The summed E-state index contributed by atoms with van der Waals surface area (Å²) in [6.45, 7) is 1.60. The molecule has 33 heavy (non-hydrogen) atoms. The molecule has 3 aliphatic rings. The summed E-state index contributed by atoms with van der Waals surface area (Å²) in [6, 6.07) is 11.0. The second-order valence-corrected chi connectivity index (χ2v) is 10.2. The van der Waals surface area contributed by atoms with Crippen molar-refractivity contribution in [2.24, 2.45) is 5.92 Å². The smallest absolute Gasteiger partial charge is 0.119 e. The van der Waals surface area contributed by atoms with Gasteiger partial charge >= 0.3 is 0 Å². The standard InChI is InChI=1S/C28H34N2O3/c31-28(27-25(21-3-4-21)11-14-30-18-29-17-26(27)30)22-5-1-19(2-6-22)20-7-9-23(10-8-20)33-24-12-15-32-16-13-24/h7-11,14,17-19,21-22,24,28,31H,1-6,12-13,15-16H2. The number of rotatable bonds is 6. The number of aromatic nitrogens is 2. The molecule has 1 N–H and O–H groups in total. The lowest BCUT2D eigenvalue weighted by atomic mass is 9.75. The number of benzene rings is 1. The number of ether oxygens (including phenoxy) is 2. The van der Waals surface area contributed by atoms with E-state index in [4.69, 9.17) is 9.47 Å². The molecule has 1 unspecified atom stereocenters. The monoisotopic (exact) mass is 446 g/mol. The second kappa shape index (κ2) is 9.11. The van der Waals surface area contributed by atoms with Crippen LogP contribution in [0.15, 0.2) is 49.1 Å². The summed E-state index contributed by atoms with van der Waals surface area (Å²) in [5.41, 5.74) is 4.96. The number of aliphatic hydroxyl groups is 1. The van der Waals surface area contributed by atoms with Gasteiger partial charge in [-0.25, -0.2) is 4.98 Å². The van der Waals surface area contributed by atoms with Crippen molar-refractivity contribution in [3.8, 4) is 5.75 Å². The molecule has 174 valence electrons. The highest BCUT2D eigenvalue weighted by Crippen LogP contribution is 2.48. The van der Waals surface area contributed by atoms with Crippen LogP contribution in [0.5, 0.6) is 5.75 Å². The van der Waals surface area contributed by atoms with E-state index >= 15 is 0 Å². The van der Waals surface area contributed by atoms with Crippen LogP contribution in [0, 0.1) is 5.92 Å².